The molecule has 5 aromatic carbocycles. The summed E-state index contributed by atoms with van der Waals surface area (Å²) in [5, 5.41) is 16.0. The highest BCUT2D eigenvalue weighted by Crippen LogP contribution is 2.35. The molecule has 0 saturated heterocycles. The molecule has 3 nitrogen and oxygen atoms in total. The molecule has 5 rings (SSSR count). The van der Waals surface area contributed by atoms with Crippen molar-refractivity contribution in [3.63, 3.8) is 0 Å². The molecule has 5 aromatic rings. The molecule has 0 atom stereocenters. The molecule has 0 aliphatic heterocycles. The Labute approximate surface area is 180 Å². The number of carbonyl (C=O) groups is 2. The maximum atomic E-state index is 13.3. The Balaban J connectivity index is 1.80. The normalized spacial score (nSPS) is 11.2. The molecule has 0 aromatic heterocycles. The van der Waals surface area contributed by atoms with Crippen LogP contribution in [0.25, 0.3) is 32.3 Å². The zero-order valence-electron chi connectivity index (χ0n) is 15.7. The molecule has 0 saturated carbocycles. The van der Waals surface area contributed by atoms with Crippen LogP contribution in [-0.2, 0) is 0 Å². The van der Waals surface area contributed by atoms with Crippen molar-refractivity contribution >= 4 is 60.0 Å². The summed E-state index contributed by atoms with van der Waals surface area (Å²) in [7, 11) is 0. The molecule has 4 heteroatoms. The lowest BCUT2D eigenvalue weighted by molar-refractivity contribution is 0.0692. The summed E-state index contributed by atoms with van der Waals surface area (Å²) in [5.41, 5.74) is 0.622. The molecule has 144 valence electrons. The number of halogens is 1. The van der Waals surface area contributed by atoms with E-state index in [1.54, 1.807) is 18.2 Å². The fourth-order valence-electron chi connectivity index (χ4n) is 4.10. The van der Waals surface area contributed by atoms with Gasteiger partial charge in [0.05, 0.1) is 5.56 Å². The molecule has 0 aliphatic rings. The SMILES string of the molecule is O=C(O)c1ccc(Br)cc1C(=O)c1ccc2c3ccccc3c3ccccc3c2c1. The second-order valence-electron chi connectivity index (χ2n) is 7.18. The number of rotatable bonds is 3. The summed E-state index contributed by atoms with van der Waals surface area (Å²) in [6.45, 7) is 0. The fraction of sp³-hybridized carbons (Fsp3) is 0. The number of hydrogen-bond acceptors (Lipinski definition) is 2. The molecule has 0 radical (unpaired) electrons. The molecule has 0 amide bonds. The van der Waals surface area contributed by atoms with Gasteiger partial charge in [0.25, 0.3) is 0 Å². The van der Waals surface area contributed by atoms with E-state index in [0.717, 1.165) is 26.9 Å². The lowest BCUT2D eigenvalue weighted by atomic mass is 9.91. The van der Waals surface area contributed by atoms with E-state index in [1.165, 1.54) is 11.5 Å². The number of fused-ring (bicyclic) bond motifs is 6. The van der Waals surface area contributed by atoms with Gasteiger partial charge in [-0.05, 0) is 56.6 Å². The molecule has 1 N–H and O–H groups in total. The summed E-state index contributed by atoms with van der Waals surface area (Å²) >= 11 is 3.34. The summed E-state index contributed by atoms with van der Waals surface area (Å²) in [5.74, 6) is -1.43. The zero-order chi connectivity index (χ0) is 20.8. The van der Waals surface area contributed by atoms with Crippen molar-refractivity contribution < 1.29 is 14.7 Å². The first-order valence-electron chi connectivity index (χ1n) is 9.45. The minimum atomic E-state index is -1.12. The van der Waals surface area contributed by atoms with Crippen molar-refractivity contribution in [2.24, 2.45) is 0 Å². The molecule has 0 heterocycles. The molecule has 0 aliphatic carbocycles. The van der Waals surface area contributed by atoms with Crippen LogP contribution in [0.4, 0.5) is 0 Å². The Morgan fingerprint density at radius 1 is 0.600 bits per heavy atom. The van der Waals surface area contributed by atoms with Crippen LogP contribution in [0.3, 0.4) is 0 Å². The minimum absolute atomic E-state index is 0.00772. The summed E-state index contributed by atoms with van der Waals surface area (Å²) in [4.78, 5) is 24.9. The first-order chi connectivity index (χ1) is 14.5. The minimum Gasteiger partial charge on any atom is -0.478 e. The summed E-state index contributed by atoms with van der Waals surface area (Å²) in [6, 6.07) is 26.6. The van der Waals surface area contributed by atoms with Gasteiger partial charge >= 0.3 is 5.97 Å². The van der Waals surface area contributed by atoms with Gasteiger partial charge in [-0.15, -0.1) is 0 Å². The third-order valence-corrected chi connectivity index (χ3v) is 5.96. The van der Waals surface area contributed by atoms with E-state index < -0.39 is 5.97 Å². The predicted molar refractivity (Wildman–Crippen MR) is 123 cm³/mol. The number of benzene rings is 5. The lowest BCUT2D eigenvalue weighted by Crippen LogP contribution is -2.09. The van der Waals surface area contributed by atoms with Gasteiger partial charge in [-0.3, -0.25) is 4.79 Å². The van der Waals surface area contributed by atoms with Crippen LogP contribution in [0.2, 0.25) is 0 Å². The number of hydrogen-bond donors (Lipinski definition) is 1. The average molecular weight is 455 g/mol. The van der Waals surface area contributed by atoms with Crippen molar-refractivity contribution in [2.45, 2.75) is 0 Å². The number of aromatic carboxylic acids is 1. The quantitative estimate of drug-likeness (QED) is 0.240. The summed E-state index contributed by atoms with van der Waals surface area (Å²) in [6.07, 6.45) is 0. The Morgan fingerprint density at radius 3 is 1.70 bits per heavy atom. The Kier molecular flexibility index (Phi) is 4.37. The predicted octanol–water partition coefficient (Wildman–Crippen LogP) is 6.84. The maximum Gasteiger partial charge on any atom is 0.336 e. The van der Waals surface area contributed by atoms with Gasteiger partial charge in [0, 0.05) is 15.6 Å². The van der Waals surface area contributed by atoms with Crippen LogP contribution in [0.5, 0.6) is 0 Å². The van der Waals surface area contributed by atoms with Crippen LogP contribution in [-0.4, -0.2) is 16.9 Å². The third kappa shape index (κ3) is 2.88. The molecule has 30 heavy (non-hydrogen) atoms. The van der Waals surface area contributed by atoms with Gasteiger partial charge in [0.1, 0.15) is 0 Å². The van der Waals surface area contributed by atoms with E-state index in [1.807, 2.05) is 36.4 Å². The molecular weight excluding hydrogens is 440 g/mol. The van der Waals surface area contributed by atoms with Crippen LogP contribution >= 0.6 is 15.9 Å². The van der Waals surface area contributed by atoms with E-state index in [0.29, 0.717) is 10.0 Å². The van der Waals surface area contributed by atoms with Crippen molar-refractivity contribution in [1.29, 1.82) is 0 Å². The van der Waals surface area contributed by atoms with Crippen molar-refractivity contribution in [3.05, 3.63) is 106 Å². The second kappa shape index (κ2) is 7.08. The largest absolute Gasteiger partial charge is 0.478 e. The molecule has 0 unspecified atom stereocenters. The van der Waals surface area contributed by atoms with Gasteiger partial charge < -0.3 is 5.11 Å². The Morgan fingerprint density at radius 2 is 1.13 bits per heavy atom. The van der Waals surface area contributed by atoms with Crippen LogP contribution < -0.4 is 0 Å². The van der Waals surface area contributed by atoms with Crippen LogP contribution in [0.15, 0.2) is 89.4 Å². The smallest absolute Gasteiger partial charge is 0.336 e. The second-order valence-corrected chi connectivity index (χ2v) is 8.09. The first kappa shape index (κ1) is 18.5. The summed E-state index contributed by atoms with van der Waals surface area (Å²) < 4.78 is 0.660. The lowest BCUT2D eigenvalue weighted by Gasteiger charge is -2.12. The average Bonchev–Trinajstić information content (AvgIpc) is 2.78. The van der Waals surface area contributed by atoms with E-state index in [4.69, 9.17) is 0 Å². The Bertz CT molecular complexity index is 1470. The van der Waals surface area contributed by atoms with Gasteiger partial charge in [0.2, 0.25) is 0 Å². The molecule has 0 spiro atoms. The van der Waals surface area contributed by atoms with Gasteiger partial charge in [-0.1, -0.05) is 76.6 Å². The highest BCUT2D eigenvalue weighted by molar-refractivity contribution is 9.10. The highest BCUT2D eigenvalue weighted by Gasteiger charge is 2.19. The van der Waals surface area contributed by atoms with Crippen LogP contribution in [0, 0.1) is 0 Å². The maximum absolute atomic E-state index is 13.3. The Hall–Kier alpha value is -3.50. The van der Waals surface area contributed by atoms with E-state index in [9.17, 15) is 14.7 Å². The zero-order valence-corrected chi connectivity index (χ0v) is 17.3. The van der Waals surface area contributed by atoms with Gasteiger partial charge in [-0.2, -0.15) is 0 Å². The van der Waals surface area contributed by atoms with Crippen molar-refractivity contribution in [3.8, 4) is 0 Å². The number of carboxylic acids is 1. The number of carboxylic acid groups (broad SMARTS) is 1. The van der Waals surface area contributed by atoms with Crippen molar-refractivity contribution in [1.82, 2.24) is 0 Å². The monoisotopic (exact) mass is 454 g/mol. The van der Waals surface area contributed by atoms with Crippen molar-refractivity contribution in [2.75, 3.05) is 0 Å². The molecule has 0 fully saturated rings. The topological polar surface area (TPSA) is 54.4 Å². The fourth-order valence-corrected chi connectivity index (χ4v) is 4.46. The van der Waals surface area contributed by atoms with E-state index in [2.05, 4.69) is 40.2 Å². The molecular formula is C26H15BrO3. The highest BCUT2D eigenvalue weighted by atomic mass is 79.9. The number of ketones is 1. The number of carbonyl (C=O) groups excluding carboxylic acids is 1. The van der Waals surface area contributed by atoms with E-state index >= 15 is 0 Å². The third-order valence-electron chi connectivity index (χ3n) is 5.46. The van der Waals surface area contributed by atoms with Crippen LogP contribution in [0.1, 0.15) is 26.3 Å². The van der Waals surface area contributed by atoms with Gasteiger partial charge in [-0.25, -0.2) is 4.79 Å². The van der Waals surface area contributed by atoms with E-state index in [-0.39, 0.29) is 16.9 Å². The molecule has 0 bridgehead atoms. The standard InChI is InChI=1S/C26H15BrO3/c27-16-10-12-22(26(29)30)24(14-16)25(28)15-9-11-21-19-7-2-1-5-17(19)18-6-3-4-8-20(18)23(21)13-15/h1-14H,(H,29,30). The first-order valence-corrected chi connectivity index (χ1v) is 10.2. The van der Waals surface area contributed by atoms with Gasteiger partial charge in [0.15, 0.2) is 5.78 Å².